The Morgan fingerprint density at radius 3 is 2.52 bits per heavy atom. The number of alkyl halides is 3. The van der Waals surface area contributed by atoms with Crippen LogP contribution in [0.4, 0.5) is 19.0 Å². The molecule has 2 aromatic rings. The zero-order chi connectivity index (χ0) is 22.7. The number of hydrogen-bond donors (Lipinski definition) is 1. The van der Waals surface area contributed by atoms with Gasteiger partial charge in [-0.3, -0.25) is 9.58 Å². The average molecular weight is 464 g/mol. The maximum Gasteiger partial charge on any atom is 0.573 e. The van der Waals surface area contributed by atoms with Gasteiger partial charge in [-0.05, 0) is 55.6 Å². The van der Waals surface area contributed by atoms with E-state index in [2.05, 4.69) is 19.3 Å². The molecule has 2 aromatic heterocycles. The molecule has 3 saturated carbocycles. The van der Waals surface area contributed by atoms with E-state index in [1.54, 1.807) is 0 Å². The fraction of sp³-hybridized carbons (Fsp3) is 0.652. The molecule has 4 aliphatic rings. The summed E-state index contributed by atoms with van der Waals surface area (Å²) in [6, 6.07) is 3.97. The van der Waals surface area contributed by atoms with Crippen LogP contribution in [-0.2, 0) is 11.3 Å². The molecule has 0 spiro atoms. The van der Waals surface area contributed by atoms with E-state index < -0.39 is 12.1 Å². The van der Waals surface area contributed by atoms with Crippen molar-refractivity contribution in [2.75, 3.05) is 32.0 Å². The van der Waals surface area contributed by atoms with Crippen molar-refractivity contribution in [3.63, 3.8) is 0 Å². The molecule has 0 aromatic carbocycles. The number of nitrogen functional groups attached to an aromatic ring is 1. The Morgan fingerprint density at radius 2 is 1.85 bits per heavy atom. The van der Waals surface area contributed by atoms with E-state index >= 15 is 0 Å². The van der Waals surface area contributed by atoms with E-state index in [0.29, 0.717) is 41.0 Å². The Labute approximate surface area is 190 Å². The van der Waals surface area contributed by atoms with Crippen molar-refractivity contribution in [3.05, 3.63) is 24.0 Å². The number of ether oxygens (including phenoxy) is 2. The summed E-state index contributed by atoms with van der Waals surface area (Å²) >= 11 is 0. The molecule has 0 amide bonds. The first-order chi connectivity index (χ1) is 15.9. The van der Waals surface area contributed by atoms with Gasteiger partial charge < -0.3 is 15.2 Å². The number of fused-ring (bicyclic) bond motifs is 1. The van der Waals surface area contributed by atoms with Gasteiger partial charge in [-0.15, -0.1) is 13.2 Å². The summed E-state index contributed by atoms with van der Waals surface area (Å²) in [4.78, 5) is 6.49. The van der Waals surface area contributed by atoms with Crippen molar-refractivity contribution in [1.82, 2.24) is 19.7 Å². The number of pyridine rings is 1. The Bertz CT molecular complexity index is 1020. The van der Waals surface area contributed by atoms with Gasteiger partial charge in [0.2, 0.25) is 0 Å². The standard InChI is InChI=1S/C23H28F3N5O2/c24-23(25,26)33-20-7-14(11-28-22(20)27)18-10-19(31(29-18)12-13-1-2-13)21-16-8-15(9-17(16)21)30-3-5-32-6-4-30/h7,10-11,13,15-17,21H,1-6,8-9,12H2,(H2,27,28)/t15?,16-,17+,21+. The summed E-state index contributed by atoms with van der Waals surface area (Å²) in [5.41, 5.74) is 7.92. The number of halogens is 3. The predicted molar refractivity (Wildman–Crippen MR) is 114 cm³/mol. The first-order valence-corrected chi connectivity index (χ1v) is 11.8. The average Bonchev–Trinajstić information content (AvgIpc) is 3.62. The van der Waals surface area contributed by atoms with Crippen LogP contribution in [-0.4, -0.2) is 58.4 Å². The number of nitrogens with zero attached hydrogens (tertiary/aromatic N) is 4. The normalized spacial score (nSPS) is 29.8. The van der Waals surface area contributed by atoms with E-state index in [9.17, 15) is 13.2 Å². The first kappa shape index (κ1) is 21.2. The minimum atomic E-state index is -4.83. The van der Waals surface area contributed by atoms with Crippen LogP contribution < -0.4 is 10.5 Å². The second kappa shape index (κ2) is 7.87. The summed E-state index contributed by atoms with van der Waals surface area (Å²) in [6.07, 6.45) is 1.46. The molecular formula is C23H28F3N5O2. The Kier molecular flexibility index (Phi) is 5.06. The number of morpholine rings is 1. The molecule has 3 aliphatic carbocycles. The van der Waals surface area contributed by atoms with E-state index in [1.807, 2.05) is 6.07 Å². The fourth-order valence-electron chi connectivity index (χ4n) is 5.83. The summed E-state index contributed by atoms with van der Waals surface area (Å²) in [5.74, 6) is 1.66. The molecule has 4 atom stereocenters. The van der Waals surface area contributed by atoms with E-state index in [-0.39, 0.29) is 5.82 Å². The van der Waals surface area contributed by atoms with Gasteiger partial charge in [-0.2, -0.15) is 5.10 Å². The molecule has 0 bridgehead atoms. The van der Waals surface area contributed by atoms with Gasteiger partial charge in [0.15, 0.2) is 11.6 Å². The van der Waals surface area contributed by atoms with Gasteiger partial charge >= 0.3 is 6.36 Å². The molecule has 10 heteroatoms. The van der Waals surface area contributed by atoms with Crippen LogP contribution in [0.5, 0.6) is 5.75 Å². The van der Waals surface area contributed by atoms with Crippen molar-refractivity contribution < 1.29 is 22.6 Å². The van der Waals surface area contributed by atoms with Crippen LogP contribution in [0, 0.1) is 17.8 Å². The van der Waals surface area contributed by atoms with Crippen molar-refractivity contribution in [2.45, 2.75) is 50.6 Å². The van der Waals surface area contributed by atoms with Crippen LogP contribution in [0.3, 0.4) is 0 Å². The Morgan fingerprint density at radius 1 is 1.12 bits per heavy atom. The largest absolute Gasteiger partial charge is 0.573 e. The Balaban J connectivity index is 1.23. The van der Waals surface area contributed by atoms with Gasteiger partial charge in [0.25, 0.3) is 0 Å². The summed E-state index contributed by atoms with van der Waals surface area (Å²) in [5, 5.41) is 4.80. The number of rotatable bonds is 6. The fourth-order valence-corrected chi connectivity index (χ4v) is 5.83. The second-order valence-electron chi connectivity index (χ2n) is 9.86. The second-order valence-corrected chi connectivity index (χ2v) is 9.86. The minimum absolute atomic E-state index is 0.292. The van der Waals surface area contributed by atoms with Crippen molar-refractivity contribution in [2.24, 2.45) is 17.8 Å². The van der Waals surface area contributed by atoms with E-state index in [1.165, 1.54) is 43.6 Å². The first-order valence-electron chi connectivity index (χ1n) is 11.8. The third-order valence-corrected chi connectivity index (χ3v) is 7.67. The maximum absolute atomic E-state index is 12.8. The third-order valence-electron chi connectivity index (χ3n) is 7.67. The van der Waals surface area contributed by atoms with Gasteiger partial charge in [0, 0.05) is 49.0 Å². The van der Waals surface area contributed by atoms with Crippen molar-refractivity contribution in [1.29, 1.82) is 0 Å². The topological polar surface area (TPSA) is 78.4 Å². The van der Waals surface area contributed by atoms with E-state index in [4.69, 9.17) is 15.6 Å². The van der Waals surface area contributed by atoms with Crippen molar-refractivity contribution >= 4 is 5.82 Å². The van der Waals surface area contributed by atoms with Gasteiger partial charge in [0.1, 0.15) is 0 Å². The molecule has 3 heterocycles. The lowest BCUT2D eigenvalue weighted by molar-refractivity contribution is -0.274. The van der Waals surface area contributed by atoms with Crippen molar-refractivity contribution in [3.8, 4) is 17.0 Å². The highest BCUT2D eigenvalue weighted by molar-refractivity contribution is 5.64. The summed E-state index contributed by atoms with van der Waals surface area (Å²) < 4.78 is 49.9. The zero-order valence-corrected chi connectivity index (χ0v) is 18.3. The number of anilines is 1. The lowest BCUT2D eigenvalue weighted by Gasteiger charge is -2.33. The highest BCUT2D eigenvalue weighted by Gasteiger charge is 2.58. The number of aromatic nitrogens is 3. The summed E-state index contributed by atoms with van der Waals surface area (Å²) in [7, 11) is 0. The lowest BCUT2D eigenvalue weighted by Crippen LogP contribution is -2.43. The van der Waals surface area contributed by atoms with Crippen LogP contribution in [0.25, 0.3) is 11.3 Å². The molecule has 0 radical (unpaired) electrons. The molecule has 33 heavy (non-hydrogen) atoms. The van der Waals surface area contributed by atoms with Crippen LogP contribution >= 0.6 is 0 Å². The lowest BCUT2D eigenvalue weighted by atomic mass is 10.0. The minimum Gasteiger partial charge on any atom is -0.402 e. The van der Waals surface area contributed by atoms with Crippen LogP contribution in [0.1, 0.15) is 37.3 Å². The molecule has 4 fully saturated rings. The molecule has 7 nitrogen and oxygen atoms in total. The number of hydrogen-bond acceptors (Lipinski definition) is 6. The molecule has 6 rings (SSSR count). The molecule has 1 aliphatic heterocycles. The highest BCUT2D eigenvalue weighted by atomic mass is 19.4. The smallest absolute Gasteiger partial charge is 0.402 e. The Hall–Kier alpha value is -2.33. The van der Waals surface area contributed by atoms with Gasteiger partial charge in [-0.1, -0.05) is 0 Å². The van der Waals surface area contributed by atoms with Crippen LogP contribution in [0.2, 0.25) is 0 Å². The van der Waals surface area contributed by atoms with Crippen LogP contribution in [0.15, 0.2) is 18.3 Å². The summed E-state index contributed by atoms with van der Waals surface area (Å²) in [6.45, 7) is 4.55. The maximum atomic E-state index is 12.8. The molecule has 1 saturated heterocycles. The molecule has 1 unspecified atom stereocenters. The predicted octanol–water partition coefficient (Wildman–Crippen LogP) is 3.66. The molecular weight excluding hydrogens is 435 g/mol. The van der Waals surface area contributed by atoms with Gasteiger partial charge in [0.05, 0.1) is 18.9 Å². The van der Waals surface area contributed by atoms with E-state index in [0.717, 1.165) is 32.8 Å². The quantitative estimate of drug-likeness (QED) is 0.705. The highest BCUT2D eigenvalue weighted by Crippen LogP contribution is 2.64. The zero-order valence-electron chi connectivity index (χ0n) is 18.3. The number of nitrogens with two attached hydrogens (primary N) is 1. The molecule has 178 valence electrons. The third kappa shape index (κ3) is 4.30. The van der Waals surface area contributed by atoms with Gasteiger partial charge in [-0.25, -0.2) is 4.98 Å². The SMILES string of the molecule is Nc1ncc(-c2cc([C@H]3[C@@H]4CC(N5CCOCC5)C[C@@H]43)n(CC3CC3)n2)cc1OC(F)(F)F. The molecule has 2 N–H and O–H groups in total. The monoisotopic (exact) mass is 463 g/mol.